The summed E-state index contributed by atoms with van der Waals surface area (Å²) < 4.78 is 15.4. The summed E-state index contributed by atoms with van der Waals surface area (Å²) in [4.78, 5) is 0. The maximum absolute atomic E-state index is 13.4. The van der Waals surface area contributed by atoms with Crippen LogP contribution in [0.4, 0.5) is 10.1 Å². The minimum Gasteiger partial charge on any atom is -0.399 e. The van der Waals surface area contributed by atoms with E-state index in [2.05, 4.69) is 0 Å². The van der Waals surface area contributed by atoms with Crippen LogP contribution in [0.3, 0.4) is 0 Å². The van der Waals surface area contributed by atoms with Gasteiger partial charge in [0.25, 0.3) is 0 Å². The van der Waals surface area contributed by atoms with Gasteiger partial charge in [-0.25, -0.2) is 4.39 Å². The van der Waals surface area contributed by atoms with Crippen molar-refractivity contribution in [3.63, 3.8) is 0 Å². The Bertz CT molecular complexity index is 749. The molecule has 0 aliphatic rings. The van der Waals surface area contributed by atoms with Gasteiger partial charge in [-0.05, 0) is 35.2 Å². The highest BCUT2D eigenvalue weighted by Crippen LogP contribution is 2.24. The second-order valence-electron chi connectivity index (χ2n) is 4.47. The van der Waals surface area contributed by atoms with Crippen molar-refractivity contribution in [2.45, 2.75) is 6.54 Å². The fourth-order valence-corrected chi connectivity index (χ4v) is 2.38. The summed E-state index contributed by atoms with van der Waals surface area (Å²) in [6.45, 7) is 0.517. The first-order valence-corrected chi connectivity index (χ1v) is 6.30. The zero-order chi connectivity index (χ0) is 13.4. The molecule has 0 amide bonds. The molecule has 96 valence electrons. The molecule has 2 nitrogen and oxygen atoms in total. The topological polar surface area (TPSA) is 30.9 Å². The standard InChI is InChI=1S/C15H12ClFN2/c16-15-11(2-1-3-13(15)17)9-19-7-6-10-4-5-12(18)8-14(10)19/h1-8H,9,18H2. The van der Waals surface area contributed by atoms with Gasteiger partial charge in [0.2, 0.25) is 0 Å². The number of nitrogens with two attached hydrogens (primary N) is 1. The Morgan fingerprint density at radius 1 is 1.16 bits per heavy atom. The van der Waals surface area contributed by atoms with Crippen molar-refractivity contribution in [3.8, 4) is 0 Å². The predicted molar refractivity (Wildman–Crippen MR) is 76.9 cm³/mol. The highest BCUT2D eigenvalue weighted by atomic mass is 35.5. The number of benzene rings is 2. The van der Waals surface area contributed by atoms with Crippen LogP contribution in [0.1, 0.15) is 5.56 Å². The van der Waals surface area contributed by atoms with Crippen molar-refractivity contribution < 1.29 is 4.39 Å². The Morgan fingerprint density at radius 3 is 2.84 bits per heavy atom. The van der Waals surface area contributed by atoms with Crippen LogP contribution in [0.15, 0.2) is 48.7 Å². The third-order valence-electron chi connectivity index (χ3n) is 3.17. The lowest BCUT2D eigenvalue weighted by atomic mass is 10.2. The summed E-state index contributed by atoms with van der Waals surface area (Å²) in [6, 6.07) is 12.6. The summed E-state index contributed by atoms with van der Waals surface area (Å²) in [7, 11) is 0. The SMILES string of the molecule is Nc1ccc2ccn(Cc3cccc(F)c3Cl)c2c1. The lowest BCUT2D eigenvalue weighted by Crippen LogP contribution is -2.00. The Balaban J connectivity index is 2.06. The van der Waals surface area contributed by atoms with Crippen molar-refractivity contribution in [2.24, 2.45) is 0 Å². The molecule has 1 aromatic heterocycles. The molecule has 0 aliphatic heterocycles. The first kappa shape index (κ1) is 12.1. The first-order chi connectivity index (χ1) is 9.15. The fourth-order valence-electron chi connectivity index (χ4n) is 2.19. The van der Waals surface area contributed by atoms with E-state index in [4.69, 9.17) is 17.3 Å². The van der Waals surface area contributed by atoms with Gasteiger partial charge < -0.3 is 10.3 Å². The molecule has 1 heterocycles. The van der Waals surface area contributed by atoms with Gasteiger partial charge in [0.05, 0.1) is 10.5 Å². The molecule has 0 bridgehead atoms. The minimum absolute atomic E-state index is 0.174. The molecule has 0 aliphatic carbocycles. The number of halogens is 2. The largest absolute Gasteiger partial charge is 0.399 e. The van der Waals surface area contributed by atoms with Crippen LogP contribution in [0.2, 0.25) is 5.02 Å². The molecule has 3 rings (SSSR count). The van der Waals surface area contributed by atoms with E-state index in [0.717, 1.165) is 16.5 Å². The molecule has 0 radical (unpaired) electrons. The molecule has 2 N–H and O–H groups in total. The number of aromatic nitrogens is 1. The normalized spacial score (nSPS) is 11.1. The van der Waals surface area contributed by atoms with E-state index in [1.807, 2.05) is 41.1 Å². The van der Waals surface area contributed by atoms with Crippen molar-refractivity contribution in [3.05, 3.63) is 65.1 Å². The molecule has 3 aromatic rings. The fraction of sp³-hybridized carbons (Fsp3) is 0.0667. The molecule has 0 fully saturated rings. The van der Waals surface area contributed by atoms with Crippen LogP contribution in [-0.2, 0) is 6.54 Å². The highest BCUT2D eigenvalue weighted by Gasteiger charge is 2.08. The smallest absolute Gasteiger partial charge is 0.142 e. The second-order valence-corrected chi connectivity index (χ2v) is 4.85. The first-order valence-electron chi connectivity index (χ1n) is 5.92. The summed E-state index contributed by atoms with van der Waals surface area (Å²) in [5.41, 5.74) is 8.27. The van der Waals surface area contributed by atoms with E-state index in [-0.39, 0.29) is 5.02 Å². The highest BCUT2D eigenvalue weighted by molar-refractivity contribution is 6.31. The number of hydrogen-bond donors (Lipinski definition) is 1. The molecule has 4 heteroatoms. The summed E-state index contributed by atoms with van der Waals surface area (Å²) >= 11 is 5.98. The quantitative estimate of drug-likeness (QED) is 0.702. The maximum atomic E-state index is 13.4. The maximum Gasteiger partial charge on any atom is 0.142 e. The van der Waals surface area contributed by atoms with E-state index >= 15 is 0 Å². The Kier molecular flexibility index (Phi) is 2.91. The van der Waals surface area contributed by atoms with Gasteiger partial charge in [-0.15, -0.1) is 0 Å². The number of fused-ring (bicyclic) bond motifs is 1. The van der Waals surface area contributed by atoms with Gasteiger partial charge in [-0.3, -0.25) is 0 Å². The van der Waals surface area contributed by atoms with Gasteiger partial charge in [0.1, 0.15) is 5.82 Å². The molecular weight excluding hydrogens is 263 g/mol. The number of hydrogen-bond acceptors (Lipinski definition) is 1. The van der Waals surface area contributed by atoms with Gasteiger partial charge in [-0.1, -0.05) is 29.8 Å². The molecule has 19 heavy (non-hydrogen) atoms. The van der Waals surface area contributed by atoms with Gasteiger partial charge in [0.15, 0.2) is 0 Å². The lowest BCUT2D eigenvalue weighted by Gasteiger charge is -2.08. The van der Waals surface area contributed by atoms with E-state index < -0.39 is 5.82 Å². The monoisotopic (exact) mass is 274 g/mol. The van der Waals surface area contributed by atoms with E-state index in [1.165, 1.54) is 6.07 Å². The number of nitrogens with zero attached hydrogens (tertiary/aromatic N) is 1. The third-order valence-corrected chi connectivity index (χ3v) is 3.59. The van der Waals surface area contributed by atoms with Crippen LogP contribution >= 0.6 is 11.6 Å². The van der Waals surface area contributed by atoms with Gasteiger partial charge >= 0.3 is 0 Å². The van der Waals surface area contributed by atoms with Crippen molar-refractivity contribution in [1.82, 2.24) is 4.57 Å². The molecule has 0 spiro atoms. The van der Waals surface area contributed by atoms with E-state index in [1.54, 1.807) is 6.07 Å². The number of rotatable bonds is 2. The molecular formula is C15H12ClFN2. The van der Waals surface area contributed by atoms with Crippen LogP contribution in [0.5, 0.6) is 0 Å². The van der Waals surface area contributed by atoms with Crippen LogP contribution in [0, 0.1) is 5.82 Å². The van der Waals surface area contributed by atoms with Crippen LogP contribution in [-0.4, -0.2) is 4.57 Å². The summed E-state index contributed by atoms with van der Waals surface area (Å²) in [5.74, 6) is -0.393. The Morgan fingerprint density at radius 2 is 2.00 bits per heavy atom. The van der Waals surface area contributed by atoms with E-state index in [0.29, 0.717) is 12.2 Å². The zero-order valence-corrected chi connectivity index (χ0v) is 10.9. The Hall–Kier alpha value is -2.00. The van der Waals surface area contributed by atoms with Crippen molar-refractivity contribution in [2.75, 3.05) is 5.73 Å². The predicted octanol–water partition coefficient (Wildman–Crippen LogP) is 4.06. The van der Waals surface area contributed by atoms with Crippen molar-refractivity contribution in [1.29, 1.82) is 0 Å². The molecule has 0 atom stereocenters. The van der Waals surface area contributed by atoms with E-state index in [9.17, 15) is 4.39 Å². The Labute approximate surface area is 115 Å². The molecule has 0 unspecified atom stereocenters. The second kappa shape index (κ2) is 4.59. The molecule has 2 aromatic carbocycles. The average Bonchev–Trinajstić information content (AvgIpc) is 2.78. The lowest BCUT2D eigenvalue weighted by molar-refractivity contribution is 0.624. The average molecular weight is 275 g/mol. The number of anilines is 1. The molecule has 0 saturated heterocycles. The zero-order valence-electron chi connectivity index (χ0n) is 10.1. The van der Waals surface area contributed by atoms with Crippen LogP contribution < -0.4 is 5.73 Å². The summed E-state index contributed by atoms with van der Waals surface area (Å²) in [6.07, 6.45) is 1.95. The summed E-state index contributed by atoms with van der Waals surface area (Å²) in [5, 5.41) is 1.27. The number of nitrogen functional groups attached to an aromatic ring is 1. The van der Waals surface area contributed by atoms with Crippen LogP contribution in [0.25, 0.3) is 10.9 Å². The van der Waals surface area contributed by atoms with Gasteiger partial charge in [-0.2, -0.15) is 0 Å². The van der Waals surface area contributed by atoms with Gasteiger partial charge in [0, 0.05) is 18.4 Å². The third kappa shape index (κ3) is 2.17. The minimum atomic E-state index is -0.393. The molecule has 0 saturated carbocycles. The van der Waals surface area contributed by atoms with Crippen molar-refractivity contribution >= 4 is 28.2 Å².